The fraction of sp³-hybridized carbons (Fsp3) is 0.444. The van der Waals surface area contributed by atoms with E-state index in [-0.39, 0.29) is 30.4 Å². The molecule has 2 rings (SSSR count). The van der Waals surface area contributed by atoms with Gasteiger partial charge >= 0.3 is 12.1 Å². The topological polar surface area (TPSA) is 163 Å². The van der Waals surface area contributed by atoms with E-state index in [1.165, 1.54) is 7.11 Å². The van der Waals surface area contributed by atoms with Crippen molar-refractivity contribution in [3.63, 3.8) is 0 Å². The number of hydrogen-bond acceptors (Lipinski definition) is 9. The standard InChI is InChI=1S/C27H37N3O8S/c1-19-15-23(16-20(2)25(19)39(34,35)30-17-24(28)26(32)36-3)37-14-8-12-22(31)11-7-13-29-27(33)38-18-21-9-5-4-6-10-21/h4-6,9-10,15-16,24,30H,7-8,11-14,17-18,28H2,1-3H3,(H,29,33). The minimum Gasteiger partial charge on any atom is -0.494 e. The summed E-state index contributed by atoms with van der Waals surface area (Å²) < 4.78 is 43.2. The highest BCUT2D eigenvalue weighted by atomic mass is 32.2. The minimum atomic E-state index is -3.92. The van der Waals surface area contributed by atoms with Gasteiger partial charge in [0.05, 0.1) is 18.6 Å². The van der Waals surface area contributed by atoms with Crippen molar-refractivity contribution in [1.82, 2.24) is 10.0 Å². The Morgan fingerprint density at radius 2 is 1.64 bits per heavy atom. The quantitative estimate of drug-likeness (QED) is 0.206. The molecule has 1 atom stereocenters. The zero-order valence-corrected chi connectivity index (χ0v) is 23.3. The molecule has 0 aliphatic heterocycles. The third-order valence-electron chi connectivity index (χ3n) is 5.68. The largest absolute Gasteiger partial charge is 0.494 e. The zero-order chi connectivity index (χ0) is 28.8. The first-order chi connectivity index (χ1) is 18.5. The van der Waals surface area contributed by atoms with E-state index in [4.69, 9.17) is 15.2 Å². The van der Waals surface area contributed by atoms with E-state index in [2.05, 4.69) is 14.8 Å². The van der Waals surface area contributed by atoms with Crippen molar-refractivity contribution in [1.29, 1.82) is 0 Å². The molecule has 0 heterocycles. The van der Waals surface area contributed by atoms with Crippen molar-refractivity contribution in [3.8, 4) is 5.75 Å². The lowest BCUT2D eigenvalue weighted by atomic mass is 10.1. The number of sulfonamides is 1. The maximum atomic E-state index is 12.7. The fourth-order valence-corrected chi connectivity index (χ4v) is 5.27. The average molecular weight is 564 g/mol. The minimum absolute atomic E-state index is 0.0584. The van der Waals surface area contributed by atoms with Crippen LogP contribution < -0.4 is 20.5 Å². The number of nitrogens with two attached hydrogens (primary N) is 1. The number of carbonyl (C=O) groups excluding carboxylic acids is 3. The van der Waals surface area contributed by atoms with E-state index < -0.39 is 28.1 Å². The summed E-state index contributed by atoms with van der Waals surface area (Å²) >= 11 is 0. The number of amides is 1. The van der Waals surface area contributed by atoms with Crippen LogP contribution in [0.1, 0.15) is 42.4 Å². The highest BCUT2D eigenvalue weighted by molar-refractivity contribution is 7.89. The monoisotopic (exact) mass is 563 g/mol. The van der Waals surface area contributed by atoms with Crippen molar-refractivity contribution in [3.05, 3.63) is 59.2 Å². The van der Waals surface area contributed by atoms with Crippen LogP contribution in [0, 0.1) is 13.8 Å². The lowest BCUT2D eigenvalue weighted by Gasteiger charge is -2.16. The number of ketones is 1. The van der Waals surface area contributed by atoms with E-state index in [0.717, 1.165) is 5.56 Å². The van der Waals surface area contributed by atoms with Crippen molar-refractivity contribution >= 4 is 27.9 Å². The second-order valence-electron chi connectivity index (χ2n) is 8.95. The Morgan fingerprint density at radius 3 is 2.28 bits per heavy atom. The van der Waals surface area contributed by atoms with Gasteiger partial charge in [0.1, 0.15) is 24.2 Å². The van der Waals surface area contributed by atoms with Crippen LogP contribution in [0.5, 0.6) is 5.75 Å². The molecule has 4 N–H and O–H groups in total. The van der Waals surface area contributed by atoms with Crippen LogP contribution in [-0.4, -0.2) is 59.1 Å². The summed E-state index contributed by atoms with van der Waals surface area (Å²) in [6.07, 6.45) is 1.14. The number of benzene rings is 2. The number of carbonyl (C=O) groups is 3. The summed E-state index contributed by atoms with van der Waals surface area (Å²) in [6.45, 7) is 3.80. The Hall–Kier alpha value is -3.48. The molecule has 0 aliphatic carbocycles. The van der Waals surface area contributed by atoms with Gasteiger partial charge in [0.15, 0.2) is 0 Å². The Labute approximate surface area is 229 Å². The third kappa shape index (κ3) is 11.0. The molecule has 0 saturated heterocycles. The first-order valence-electron chi connectivity index (χ1n) is 12.6. The van der Waals surface area contributed by atoms with Gasteiger partial charge in [0.2, 0.25) is 10.0 Å². The van der Waals surface area contributed by atoms with Gasteiger partial charge in [-0.05, 0) is 55.5 Å². The summed E-state index contributed by atoms with van der Waals surface area (Å²) in [5, 5.41) is 2.63. The molecule has 0 radical (unpaired) electrons. The molecule has 214 valence electrons. The van der Waals surface area contributed by atoms with Crippen LogP contribution in [0.25, 0.3) is 0 Å². The van der Waals surface area contributed by atoms with Gasteiger partial charge in [-0.3, -0.25) is 9.59 Å². The Kier molecular flexibility index (Phi) is 12.9. The molecule has 0 bridgehead atoms. The molecule has 1 unspecified atom stereocenters. The van der Waals surface area contributed by atoms with Crippen molar-refractivity contribution in [2.45, 2.75) is 57.1 Å². The van der Waals surface area contributed by atoms with Crippen LogP contribution in [0.2, 0.25) is 0 Å². The van der Waals surface area contributed by atoms with Gasteiger partial charge < -0.3 is 25.3 Å². The molecular weight excluding hydrogens is 526 g/mol. The number of ether oxygens (including phenoxy) is 3. The summed E-state index contributed by atoms with van der Waals surface area (Å²) in [7, 11) is -2.74. The highest BCUT2D eigenvalue weighted by Crippen LogP contribution is 2.26. The van der Waals surface area contributed by atoms with Crippen LogP contribution in [0.4, 0.5) is 4.79 Å². The van der Waals surface area contributed by atoms with E-state index in [9.17, 15) is 22.8 Å². The molecule has 2 aromatic carbocycles. The summed E-state index contributed by atoms with van der Waals surface area (Å²) in [5.74, 6) is -0.173. The number of esters is 1. The number of methoxy groups -OCH3 is 1. The van der Waals surface area contributed by atoms with Crippen LogP contribution in [-0.2, 0) is 35.7 Å². The predicted molar refractivity (Wildman–Crippen MR) is 145 cm³/mol. The first kappa shape index (κ1) is 31.7. The smallest absolute Gasteiger partial charge is 0.407 e. The number of alkyl carbamates (subject to hydrolysis) is 1. The highest BCUT2D eigenvalue weighted by Gasteiger charge is 2.23. The molecular formula is C27H37N3O8S. The maximum absolute atomic E-state index is 12.7. The summed E-state index contributed by atoms with van der Waals surface area (Å²) in [6, 6.07) is 11.4. The molecule has 2 aromatic rings. The predicted octanol–water partition coefficient (Wildman–Crippen LogP) is 2.52. The number of aryl methyl sites for hydroxylation is 2. The van der Waals surface area contributed by atoms with Crippen molar-refractivity contribution in [2.24, 2.45) is 5.73 Å². The van der Waals surface area contributed by atoms with Gasteiger partial charge in [-0.1, -0.05) is 30.3 Å². The molecule has 0 aromatic heterocycles. The van der Waals surface area contributed by atoms with Crippen molar-refractivity contribution in [2.75, 3.05) is 26.8 Å². The number of hydrogen-bond donors (Lipinski definition) is 3. The van der Waals surface area contributed by atoms with E-state index in [0.29, 0.717) is 49.1 Å². The van der Waals surface area contributed by atoms with Gasteiger partial charge in [-0.25, -0.2) is 17.9 Å². The normalized spacial score (nSPS) is 11.9. The Morgan fingerprint density at radius 1 is 1.00 bits per heavy atom. The van der Waals surface area contributed by atoms with Gasteiger partial charge in [-0.2, -0.15) is 0 Å². The Bertz CT molecular complexity index is 1200. The molecule has 39 heavy (non-hydrogen) atoms. The molecule has 11 nitrogen and oxygen atoms in total. The number of Topliss-reactive ketones (excluding diaryl/α,β-unsaturated/α-hetero) is 1. The van der Waals surface area contributed by atoms with Gasteiger partial charge in [0.25, 0.3) is 0 Å². The average Bonchev–Trinajstić information content (AvgIpc) is 2.90. The molecule has 0 fully saturated rings. The SMILES string of the molecule is COC(=O)C(N)CNS(=O)(=O)c1c(C)cc(OCCCC(=O)CCCNC(=O)OCc2ccccc2)cc1C. The second kappa shape index (κ2) is 15.8. The van der Waals surface area contributed by atoms with Crippen LogP contribution >= 0.6 is 0 Å². The van der Waals surface area contributed by atoms with E-state index in [1.54, 1.807) is 26.0 Å². The van der Waals surface area contributed by atoms with Gasteiger partial charge in [0, 0.05) is 25.9 Å². The van der Waals surface area contributed by atoms with Crippen molar-refractivity contribution < 1.29 is 37.0 Å². The fourth-order valence-electron chi connectivity index (χ4n) is 3.76. The molecule has 1 amide bonds. The molecule has 0 aliphatic rings. The van der Waals surface area contributed by atoms with Gasteiger partial charge in [-0.15, -0.1) is 0 Å². The lowest BCUT2D eigenvalue weighted by molar-refractivity contribution is -0.141. The van der Waals surface area contributed by atoms with Crippen LogP contribution in [0.3, 0.4) is 0 Å². The van der Waals surface area contributed by atoms with E-state index >= 15 is 0 Å². The van der Waals surface area contributed by atoms with E-state index in [1.807, 2.05) is 30.3 Å². The summed E-state index contributed by atoms with van der Waals surface area (Å²) in [4.78, 5) is 35.4. The second-order valence-corrected chi connectivity index (χ2v) is 10.7. The molecule has 0 saturated carbocycles. The molecule has 12 heteroatoms. The first-order valence-corrected chi connectivity index (χ1v) is 14.0. The number of nitrogens with one attached hydrogen (secondary N) is 2. The summed E-state index contributed by atoms with van der Waals surface area (Å²) in [5.41, 5.74) is 7.44. The lowest BCUT2D eigenvalue weighted by Crippen LogP contribution is -2.43. The maximum Gasteiger partial charge on any atom is 0.407 e. The van der Waals surface area contributed by atoms with Crippen LogP contribution in [0.15, 0.2) is 47.4 Å². The number of rotatable bonds is 16. The zero-order valence-electron chi connectivity index (χ0n) is 22.5. The third-order valence-corrected chi connectivity index (χ3v) is 7.41. The molecule has 0 spiro atoms. The Balaban J connectivity index is 1.69.